The van der Waals surface area contributed by atoms with Gasteiger partial charge in [-0.25, -0.2) is 0 Å². The van der Waals surface area contributed by atoms with E-state index >= 15 is 0 Å². The number of hydrogen-bond acceptors (Lipinski definition) is 4. The molecule has 0 aliphatic rings. The molecule has 0 radical (unpaired) electrons. The van der Waals surface area contributed by atoms with Crippen LogP contribution in [0.2, 0.25) is 0 Å². The van der Waals surface area contributed by atoms with E-state index in [4.69, 9.17) is 9.15 Å². The lowest BCUT2D eigenvalue weighted by Gasteiger charge is -2.12. The van der Waals surface area contributed by atoms with Crippen molar-refractivity contribution in [3.05, 3.63) is 27.1 Å². The molecule has 4 nitrogen and oxygen atoms in total. The molecule has 0 saturated heterocycles. The Hall–Kier alpha value is -1.58. The first-order valence-electron chi connectivity index (χ1n) is 9.76. The van der Waals surface area contributed by atoms with E-state index in [-0.39, 0.29) is 11.2 Å². The predicted octanol–water partition coefficient (Wildman–Crippen LogP) is 5.03. The van der Waals surface area contributed by atoms with E-state index in [1.807, 2.05) is 13.8 Å². The summed E-state index contributed by atoms with van der Waals surface area (Å²) >= 11 is 0. The van der Waals surface area contributed by atoms with Crippen LogP contribution in [-0.2, 0) is 24.1 Å². The average Bonchev–Trinajstić information content (AvgIpc) is 2.59. The Morgan fingerprint density at radius 1 is 0.920 bits per heavy atom. The maximum atomic E-state index is 12.6. The van der Waals surface area contributed by atoms with Crippen LogP contribution in [0, 0.1) is 0 Å². The number of Topliss-reactive ketones (excluding diaryl/α,β-unsaturated/α-hetero) is 1. The Balaban J connectivity index is 2.43. The molecule has 0 bridgehead atoms. The molecule has 25 heavy (non-hydrogen) atoms. The summed E-state index contributed by atoms with van der Waals surface area (Å²) in [6, 6.07) is 0. The van der Waals surface area contributed by atoms with Crippen LogP contribution >= 0.6 is 0 Å². The zero-order chi connectivity index (χ0) is 18.7. The number of methoxy groups -OCH3 is 1. The lowest BCUT2D eigenvalue weighted by atomic mass is 10.0. The topological polar surface area (TPSA) is 56.5 Å². The van der Waals surface area contributed by atoms with Gasteiger partial charge in [0.2, 0.25) is 0 Å². The van der Waals surface area contributed by atoms with Crippen molar-refractivity contribution in [3.63, 3.8) is 0 Å². The van der Waals surface area contributed by atoms with E-state index in [2.05, 4.69) is 0 Å². The van der Waals surface area contributed by atoms with Crippen molar-refractivity contribution < 1.29 is 13.9 Å². The van der Waals surface area contributed by atoms with Crippen molar-refractivity contribution in [1.82, 2.24) is 0 Å². The summed E-state index contributed by atoms with van der Waals surface area (Å²) in [6.45, 7) is 5.61. The number of ether oxygens (including phenoxy) is 1. The Bertz CT molecular complexity index is 586. The highest BCUT2D eigenvalue weighted by Crippen LogP contribution is 2.22. The van der Waals surface area contributed by atoms with Gasteiger partial charge in [-0.3, -0.25) is 4.79 Å². The second-order valence-corrected chi connectivity index (χ2v) is 6.69. The zero-order valence-electron chi connectivity index (χ0n) is 16.4. The fraction of sp³-hybridized carbons (Fsp3) is 0.714. The standard InChI is InChI=1S/C21H34O4/c1-5-17-19(25-21(24-4)18(6-2)20(17)23)15-13-11-9-7-8-10-12-14-16(3)22/h5-15H2,1-4H3. The van der Waals surface area contributed by atoms with Gasteiger partial charge in [0.1, 0.15) is 11.5 Å². The molecule has 0 unspecified atom stereocenters. The first-order chi connectivity index (χ1) is 12.0. The van der Waals surface area contributed by atoms with Crippen LogP contribution < -0.4 is 10.2 Å². The smallest absolute Gasteiger partial charge is 0.291 e. The van der Waals surface area contributed by atoms with Gasteiger partial charge in [-0.05, 0) is 32.6 Å². The number of rotatable bonds is 13. The SMILES string of the molecule is CCc1c(CCCCCCCCCC(C)=O)oc(OC)c(CC)c1=O. The van der Waals surface area contributed by atoms with Crippen molar-refractivity contribution in [2.45, 2.75) is 91.4 Å². The Morgan fingerprint density at radius 2 is 1.48 bits per heavy atom. The molecule has 0 amide bonds. The number of carbonyl (C=O) groups excluding carboxylic acids is 1. The van der Waals surface area contributed by atoms with Crippen molar-refractivity contribution in [3.8, 4) is 5.95 Å². The van der Waals surface area contributed by atoms with Crippen molar-refractivity contribution in [1.29, 1.82) is 0 Å². The van der Waals surface area contributed by atoms with Crippen molar-refractivity contribution >= 4 is 5.78 Å². The van der Waals surface area contributed by atoms with Crippen LogP contribution in [0.3, 0.4) is 0 Å². The second kappa shape index (κ2) is 11.9. The fourth-order valence-corrected chi connectivity index (χ4v) is 3.21. The molecule has 0 saturated carbocycles. The molecule has 1 aromatic rings. The van der Waals surface area contributed by atoms with Crippen LogP contribution in [0.5, 0.6) is 5.95 Å². The summed E-state index contributed by atoms with van der Waals surface area (Å²) < 4.78 is 11.1. The van der Waals surface area contributed by atoms with Gasteiger partial charge in [0.25, 0.3) is 5.95 Å². The second-order valence-electron chi connectivity index (χ2n) is 6.69. The van der Waals surface area contributed by atoms with Gasteiger partial charge in [0.05, 0.1) is 12.7 Å². The molecule has 1 rings (SSSR count). The summed E-state index contributed by atoms with van der Waals surface area (Å²) in [5.74, 6) is 1.46. The summed E-state index contributed by atoms with van der Waals surface area (Å²) in [7, 11) is 1.55. The minimum absolute atomic E-state index is 0.0913. The van der Waals surface area contributed by atoms with E-state index in [1.165, 1.54) is 19.3 Å². The van der Waals surface area contributed by atoms with Crippen molar-refractivity contribution in [2.75, 3.05) is 7.11 Å². The molecule has 0 N–H and O–H groups in total. The van der Waals surface area contributed by atoms with E-state index in [0.29, 0.717) is 30.8 Å². The van der Waals surface area contributed by atoms with Crippen LogP contribution in [0.1, 0.15) is 89.0 Å². The lowest BCUT2D eigenvalue weighted by Crippen LogP contribution is -2.17. The Morgan fingerprint density at radius 3 is 2.00 bits per heavy atom. The molecule has 0 aliphatic heterocycles. The van der Waals surface area contributed by atoms with Gasteiger partial charge in [0.15, 0.2) is 5.43 Å². The molecule has 0 aromatic carbocycles. The van der Waals surface area contributed by atoms with Gasteiger partial charge in [-0.2, -0.15) is 0 Å². The molecule has 4 heteroatoms. The summed E-state index contributed by atoms with van der Waals surface area (Å²) in [6.07, 6.45) is 10.8. The monoisotopic (exact) mass is 350 g/mol. The molecule has 0 atom stereocenters. The molecule has 1 heterocycles. The zero-order valence-corrected chi connectivity index (χ0v) is 16.4. The highest BCUT2D eigenvalue weighted by atomic mass is 16.6. The fourth-order valence-electron chi connectivity index (χ4n) is 3.21. The van der Waals surface area contributed by atoms with E-state index in [9.17, 15) is 9.59 Å². The number of carbonyl (C=O) groups is 1. The van der Waals surface area contributed by atoms with E-state index in [1.54, 1.807) is 14.0 Å². The van der Waals surface area contributed by atoms with Gasteiger partial charge >= 0.3 is 0 Å². The quantitative estimate of drug-likeness (QED) is 0.468. The highest BCUT2D eigenvalue weighted by Gasteiger charge is 2.17. The van der Waals surface area contributed by atoms with Gasteiger partial charge in [0, 0.05) is 18.4 Å². The largest absolute Gasteiger partial charge is 0.468 e. The third kappa shape index (κ3) is 7.05. The summed E-state index contributed by atoms with van der Waals surface area (Å²) in [5.41, 5.74) is 1.55. The molecular weight excluding hydrogens is 316 g/mol. The minimum atomic E-state index is 0.0913. The van der Waals surface area contributed by atoms with E-state index in [0.717, 1.165) is 43.4 Å². The molecule has 0 fully saturated rings. The first kappa shape index (κ1) is 21.5. The summed E-state index contributed by atoms with van der Waals surface area (Å²) in [4.78, 5) is 23.4. The molecule has 0 spiro atoms. The third-order valence-electron chi connectivity index (χ3n) is 4.67. The van der Waals surface area contributed by atoms with Crippen molar-refractivity contribution in [2.24, 2.45) is 0 Å². The molecule has 142 valence electrons. The third-order valence-corrected chi connectivity index (χ3v) is 4.67. The van der Waals surface area contributed by atoms with Gasteiger partial charge in [-0.15, -0.1) is 0 Å². The number of hydrogen-bond donors (Lipinski definition) is 0. The molecule has 1 aromatic heterocycles. The molecular formula is C21H34O4. The highest BCUT2D eigenvalue weighted by molar-refractivity contribution is 5.75. The van der Waals surface area contributed by atoms with Crippen LogP contribution in [-0.4, -0.2) is 12.9 Å². The van der Waals surface area contributed by atoms with Crippen LogP contribution in [0.25, 0.3) is 0 Å². The maximum Gasteiger partial charge on any atom is 0.291 e. The minimum Gasteiger partial charge on any atom is -0.468 e. The first-order valence-corrected chi connectivity index (χ1v) is 9.76. The van der Waals surface area contributed by atoms with Gasteiger partial charge in [-0.1, -0.05) is 46.0 Å². The number of unbranched alkanes of at least 4 members (excludes halogenated alkanes) is 6. The Kier molecular flexibility index (Phi) is 10.2. The normalized spacial score (nSPS) is 10.9. The molecule has 0 aliphatic carbocycles. The average molecular weight is 350 g/mol. The van der Waals surface area contributed by atoms with Crippen LogP contribution in [0.4, 0.5) is 0 Å². The number of ketones is 1. The number of aryl methyl sites for hydroxylation is 1. The lowest BCUT2D eigenvalue weighted by molar-refractivity contribution is -0.117. The predicted molar refractivity (Wildman–Crippen MR) is 102 cm³/mol. The maximum absolute atomic E-state index is 12.6. The summed E-state index contributed by atoms with van der Waals surface area (Å²) in [5, 5.41) is 0. The van der Waals surface area contributed by atoms with E-state index < -0.39 is 0 Å². The van der Waals surface area contributed by atoms with Crippen LogP contribution in [0.15, 0.2) is 9.21 Å². The Labute approximate surface area is 152 Å². The van der Waals surface area contributed by atoms with Gasteiger partial charge < -0.3 is 13.9 Å².